The number of benzene rings is 3. The van der Waals surface area contributed by atoms with Crippen molar-refractivity contribution in [2.45, 2.75) is 6.92 Å². The first-order valence-electron chi connectivity index (χ1n) is 9.29. The van der Waals surface area contributed by atoms with Gasteiger partial charge in [-0.15, -0.1) is 5.10 Å². The summed E-state index contributed by atoms with van der Waals surface area (Å²) in [6.07, 6.45) is 0. The number of aromatic nitrogens is 3. The molecule has 0 saturated heterocycles. The Labute approximate surface area is 173 Å². The third-order valence-electron chi connectivity index (χ3n) is 4.60. The number of amides is 1. The average molecular weight is 402 g/mol. The minimum absolute atomic E-state index is 0.00777. The zero-order valence-electron chi connectivity index (χ0n) is 16.5. The molecule has 1 amide bonds. The zero-order chi connectivity index (χ0) is 21.1. The van der Waals surface area contributed by atoms with E-state index in [1.54, 1.807) is 48.2 Å². The summed E-state index contributed by atoms with van der Waals surface area (Å²) in [6, 6.07) is 20.5. The maximum Gasteiger partial charge on any atom is 0.295 e. The number of hydrogen-bond donors (Lipinski definition) is 1. The second-order valence-electron chi connectivity index (χ2n) is 6.65. The minimum Gasteiger partial charge on any atom is -0.497 e. The summed E-state index contributed by atoms with van der Waals surface area (Å²) >= 11 is 0. The number of carbonyl (C=O) groups is 1. The van der Waals surface area contributed by atoms with Gasteiger partial charge in [0, 0.05) is 11.3 Å². The molecule has 0 spiro atoms. The molecular weight excluding hydrogens is 383 g/mol. The molecule has 0 atom stereocenters. The Bertz CT molecular complexity index is 1180. The van der Waals surface area contributed by atoms with E-state index < -0.39 is 5.91 Å². The van der Waals surface area contributed by atoms with Crippen LogP contribution in [0.4, 0.5) is 10.1 Å². The highest BCUT2D eigenvalue weighted by molar-refractivity contribution is 6.01. The van der Waals surface area contributed by atoms with Crippen molar-refractivity contribution >= 4 is 11.6 Å². The van der Waals surface area contributed by atoms with Gasteiger partial charge in [0.05, 0.1) is 12.8 Å². The van der Waals surface area contributed by atoms with E-state index in [-0.39, 0.29) is 11.6 Å². The van der Waals surface area contributed by atoms with E-state index in [2.05, 4.69) is 15.4 Å². The van der Waals surface area contributed by atoms with Crippen molar-refractivity contribution in [2.75, 3.05) is 12.4 Å². The van der Waals surface area contributed by atoms with E-state index in [0.717, 1.165) is 11.3 Å². The molecule has 0 fully saturated rings. The number of aryl methyl sites for hydroxylation is 1. The average Bonchev–Trinajstić information content (AvgIpc) is 3.20. The van der Waals surface area contributed by atoms with Gasteiger partial charge in [0.15, 0.2) is 5.82 Å². The maximum absolute atomic E-state index is 13.4. The number of nitrogens with one attached hydrogen (secondary N) is 1. The van der Waals surface area contributed by atoms with Crippen LogP contribution in [0.2, 0.25) is 0 Å². The van der Waals surface area contributed by atoms with Crippen molar-refractivity contribution < 1.29 is 13.9 Å². The van der Waals surface area contributed by atoms with Crippen LogP contribution >= 0.6 is 0 Å². The fourth-order valence-electron chi connectivity index (χ4n) is 3.02. The quantitative estimate of drug-likeness (QED) is 0.528. The summed E-state index contributed by atoms with van der Waals surface area (Å²) in [6.45, 7) is 1.95. The number of hydrogen-bond acceptors (Lipinski definition) is 4. The minimum atomic E-state index is -0.448. The van der Waals surface area contributed by atoms with E-state index in [1.165, 1.54) is 12.1 Å². The van der Waals surface area contributed by atoms with E-state index in [0.29, 0.717) is 22.8 Å². The van der Waals surface area contributed by atoms with Gasteiger partial charge in [0.1, 0.15) is 11.6 Å². The molecule has 1 heterocycles. The molecule has 3 aromatic carbocycles. The standard InChI is InChI=1S/C23H19FN4O2/c1-15-5-3-4-6-20(15)28-22(16-7-9-17(24)10-8-16)26-21(27-28)23(29)25-18-11-13-19(30-2)14-12-18/h3-14H,1-2H3,(H,25,29). The monoisotopic (exact) mass is 402 g/mol. The summed E-state index contributed by atoms with van der Waals surface area (Å²) < 4.78 is 20.1. The van der Waals surface area contributed by atoms with Gasteiger partial charge in [0.2, 0.25) is 5.82 Å². The lowest BCUT2D eigenvalue weighted by atomic mass is 10.1. The van der Waals surface area contributed by atoms with E-state index in [4.69, 9.17) is 4.74 Å². The number of para-hydroxylation sites is 1. The molecule has 1 N–H and O–H groups in total. The maximum atomic E-state index is 13.4. The van der Waals surface area contributed by atoms with Crippen molar-refractivity contribution in [3.8, 4) is 22.8 Å². The van der Waals surface area contributed by atoms with Crippen LogP contribution in [0.1, 0.15) is 16.2 Å². The molecule has 30 heavy (non-hydrogen) atoms. The molecule has 0 aliphatic carbocycles. The van der Waals surface area contributed by atoms with E-state index in [1.807, 2.05) is 31.2 Å². The fraction of sp³-hybridized carbons (Fsp3) is 0.0870. The number of methoxy groups -OCH3 is 1. The van der Waals surface area contributed by atoms with Gasteiger partial charge in [-0.1, -0.05) is 18.2 Å². The molecule has 0 aliphatic rings. The first-order valence-corrected chi connectivity index (χ1v) is 9.29. The molecule has 0 saturated carbocycles. The molecule has 0 unspecified atom stereocenters. The highest BCUT2D eigenvalue weighted by Gasteiger charge is 2.20. The highest BCUT2D eigenvalue weighted by atomic mass is 19.1. The molecule has 4 aromatic rings. The van der Waals surface area contributed by atoms with Crippen molar-refractivity contribution in [2.24, 2.45) is 0 Å². The second kappa shape index (κ2) is 8.16. The summed E-state index contributed by atoms with van der Waals surface area (Å²) in [7, 11) is 1.58. The predicted molar refractivity (Wildman–Crippen MR) is 112 cm³/mol. The number of anilines is 1. The van der Waals surface area contributed by atoms with Gasteiger partial charge >= 0.3 is 0 Å². The van der Waals surface area contributed by atoms with Crippen LogP contribution < -0.4 is 10.1 Å². The van der Waals surface area contributed by atoms with Gasteiger partial charge in [-0.25, -0.2) is 14.1 Å². The number of nitrogens with zero attached hydrogens (tertiary/aromatic N) is 3. The first-order chi connectivity index (χ1) is 14.5. The molecule has 0 radical (unpaired) electrons. The van der Waals surface area contributed by atoms with E-state index >= 15 is 0 Å². The van der Waals surface area contributed by atoms with Crippen LogP contribution in [0.25, 0.3) is 17.1 Å². The number of halogens is 1. The molecule has 0 bridgehead atoms. The van der Waals surface area contributed by atoms with Gasteiger partial charge < -0.3 is 10.1 Å². The number of ether oxygens (including phenoxy) is 1. The second-order valence-corrected chi connectivity index (χ2v) is 6.65. The van der Waals surface area contributed by atoms with Gasteiger partial charge in [0.25, 0.3) is 5.91 Å². The lowest BCUT2D eigenvalue weighted by Crippen LogP contribution is -2.14. The first kappa shape index (κ1) is 19.3. The van der Waals surface area contributed by atoms with Crippen LogP contribution in [0.15, 0.2) is 72.8 Å². The van der Waals surface area contributed by atoms with Crippen LogP contribution in [0.5, 0.6) is 5.75 Å². The summed E-state index contributed by atoms with van der Waals surface area (Å²) in [5.74, 6) is 0.347. The Morgan fingerprint density at radius 3 is 2.37 bits per heavy atom. The Morgan fingerprint density at radius 2 is 1.70 bits per heavy atom. The van der Waals surface area contributed by atoms with Crippen LogP contribution in [0, 0.1) is 12.7 Å². The molecule has 0 aliphatic heterocycles. The third-order valence-corrected chi connectivity index (χ3v) is 4.60. The summed E-state index contributed by atoms with van der Waals surface area (Å²) in [5, 5.41) is 7.23. The lowest BCUT2D eigenvalue weighted by Gasteiger charge is -2.08. The van der Waals surface area contributed by atoms with Gasteiger partial charge in [-0.3, -0.25) is 4.79 Å². The van der Waals surface area contributed by atoms with Crippen molar-refractivity contribution in [3.63, 3.8) is 0 Å². The smallest absolute Gasteiger partial charge is 0.295 e. The van der Waals surface area contributed by atoms with Crippen molar-refractivity contribution in [1.29, 1.82) is 0 Å². The van der Waals surface area contributed by atoms with Gasteiger partial charge in [-0.05, 0) is 67.1 Å². The Hall–Kier alpha value is -4.00. The molecule has 7 heteroatoms. The molecule has 150 valence electrons. The molecule has 4 rings (SSSR count). The van der Waals surface area contributed by atoms with E-state index in [9.17, 15) is 9.18 Å². The molecule has 1 aromatic heterocycles. The Kier molecular flexibility index (Phi) is 5.26. The highest BCUT2D eigenvalue weighted by Crippen LogP contribution is 2.24. The summed E-state index contributed by atoms with van der Waals surface area (Å²) in [5.41, 5.74) is 2.99. The number of carbonyl (C=O) groups excluding carboxylic acids is 1. The van der Waals surface area contributed by atoms with Crippen LogP contribution in [0.3, 0.4) is 0 Å². The lowest BCUT2D eigenvalue weighted by molar-refractivity contribution is 0.101. The Balaban J connectivity index is 1.73. The molecule has 6 nitrogen and oxygen atoms in total. The SMILES string of the molecule is COc1ccc(NC(=O)c2nc(-c3ccc(F)cc3)n(-c3ccccc3C)n2)cc1. The normalized spacial score (nSPS) is 10.6. The molecular formula is C23H19FN4O2. The Morgan fingerprint density at radius 1 is 1.00 bits per heavy atom. The third kappa shape index (κ3) is 3.91. The van der Waals surface area contributed by atoms with Crippen molar-refractivity contribution in [1.82, 2.24) is 14.8 Å². The largest absolute Gasteiger partial charge is 0.497 e. The van der Waals surface area contributed by atoms with Crippen LogP contribution in [-0.2, 0) is 0 Å². The topological polar surface area (TPSA) is 69.0 Å². The predicted octanol–water partition coefficient (Wildman–Crippen LogP) is 4.64. The van der Waals surface area contributed by atoms with Gasteiger partial charge in [-0.2, -0.15) is 0 Å². The fourth-order valence-corrected chi connectivity index (χ4v) is 3.02. The van der Waals surface area contributed by atoms with Crippen LogP contribution in [-0.4, -0.2) is 27.8 Å². The number of rotatable bonds is 5. The zero-order valence-corrected chi connectivity index (χ0v) is 16.5. The van der Waals surface area contributed by atoms with Crippen molar-refractivity contribution in [3.05, 3.63) is 90.0 Å². The summed E-state index contributed by atoms with van der Waals surface area (Å²) in [4.78, 5) is 17.2.